The van der Waals surface area contributed by atoms with Crippen LogP contribution in [0.1, 0.15) is 0 Å². The molecular formula is H4LaOPbTiZr. The molecule has 0 aliphatic heterocycles. The molecule has 5 heavy (non-hydrogen) atoms. The van der Waals surface area contributed by atoms with Crippen molar-refractivity contribution in [2.45, 2.75) is 0 Å². The molecule has 0 rings (SSSR count). The van der Waals surface area contributed by atoms with Crippen molar-refractivity contribution in [2.24, 2.45) is 0 Å². The van der Waals surface area contributed by atoms with Crippen LogP contribution in [0.5, 0.6) is 0 Å². The zero-order chi connectivity index (χ0) is 0. The third kappa shape index (κ3) is 18.3. The molecule has 0 spiro atoms. The summed E-state index contributed by atoms with van der Waals surface area (Å²) in [6.45, 7) is 0. The molecule has 0 heterocycles. The fourth-order valence-electron chi connectivity index (χ4n) is 0. The Hall–Kier alpha value is 3.67. The van der Waals surface area contributed by atoms with Gasteiger partial charge in [-0.25, -0.2) is 0 Å². The van der Waals surface area contributed by atoms with Gasteiger partial charge in [0.15, 0.2) is 0 Å². The predicted octanol–water partition coefficient (Wildman–Crippen LogP) is -1.75. The topological polar surface area (TPSA) is 31.5 Å². The summed E-state index contributed by atoms with van der Waals surface area (Å²) in [7, 11) is 0. The van der Waals surface area contributed by atoms with Gasteiger partial charge >= 0.3 is 27.3 Å². The van der Waals surface area contributed by atoms with E-state index in [0.717, 1.165) is 0 Å². The molecule has 0 saturated carbocycles. The minimum atomic E-state index is 0. The molecule has 0 aliphatic rings. The normalized spacial score (nSPS) is 0. The summed E-state index contributed by atoms with van der Waals surface area (Å²) >= 11 is 0. The average molecular weight is 505 g/mol. The monoisotopic (exact) mass is 505 g/mol. The van der Waals surface area contributed by atoms with Crippen LogP contribution in [0.2, 0.25) is 0 Å². The predicted molar refractivity (Wildman–Crippen MR) is 12.2 cm³/mol. The van der Waals surface area contributed by atoms with Crippen molar-refractivity contribution >= 4 is 27.3 Å². The molecule has 0 aromatic carbocycles. The molecule has 3 radical (unpaired) electrons. The van der Waals surface area contributed by atoms with Gasteiger partial charge in [0, 0.05) is 83.5 Å². The Morgan fingerprint density at radius 1 is 1.00 bits per heavy atom. The van der Waals surface area contributed by atoms with Gasteiger partial charge in [-0.05, 0) is 0 Å². The van der Waals surface area contributed by atoms with Gasteiger partial charge in [0.25, 0.3) is 0 Å². The molecule has 0 aliphatic carbocycles. The molecule has 0 atom stereocenters. The second kappa shape index (κ2) is 25.3. The minimum Gasteiger partial charge on any atom is 0 e. The largest absolute Gasteiger partial charge is 0 e. The van der Waals surface area contributed by atoms with E-state index in [1.807, 2.05) is 0 Å². The summed E-state index contributed by atoms with van der Waals surface area (Å²) in [6.07, 6.45) is 0. The van der Waals surface area contributed by atoms with Crippen LogP contribution in [-0.2, 0) is 47.9 Å². The van der Waals surface area contributed by atoms with Gasteiger partial charge in [-0.2, -0.15) is 0 Å². The quantitative estimate of drug-likeness (QED) is 0.351. The molecule has 25 valence electrons. The van der Waals surface area contributed by atoms with Crippen LogP contribution < -0.4 is 0 Å². The van der Waals surface area contributed by atoms with Crippen molar-refractivity contribution in [2.75, 3.05) is 0 Å². The van der Waals surface area contributed by atoms with Crippen molar-refractivity contribution in [3.8, 4) is 0 Å². The number of rotatable bonds is 0. The van der Waals surface area contributed by atoms with Crippen LogP contribution in [-0.4, -0.2) is 32.8 Å². The van der Waals surface area contributed by atoms with Crippen LogP contribution in [0.3, 0.4) is 0 Å². The van der Waals surface area contributed by atoms with Crippen LogP contribution in [0.25, 0.3) is 0 Å². The molecule has 0 unspecified atom stereocenters. The van der Waals surface area contributed by atoms with Crippen molar-refractivity contribution in [3.63, 3.8) is 0 Å². The summed E-state index contributed by atoms with van der Waals surface area (Å²) in [6, 6.07) is 0. The van der Waals surface area contributed by atoms with Crippen molar-refractivity contribution in [1.82, 2.24) is 0 Å². The van der Waals surface area contributed by atoms with E-state index in [0.29, 0.717) is 0 Å². The van der Waals surface area contributed by atoms with Crippen LogP contribution in [0, 0.1) is 35.6 Å². The van der Waals surface area contributed by atoms with Crippen LogP contribution in [0.4, 0.5) is 0 Å². The van der Waals surface area contributed by atoms with Gasteiger partial charge in [-0.1, -0.05) is 0 Å². The smallest absolute Gasteiger partial charge is 0 e. The zero-order valence-corrected chi connectivity index (χ0v) is 15.9. The summed E-state index contributed by atoms with van der Waals surface area (Å²) in [5, 5.41) is 0. The first-order chi connectivity index (χ1) is 0. The van der Waals surface area contributed by atoms with Crippen molar-refractivity contribution in [3.05, 3.63) is 0 Å². The Kier molecular flexibility index (Phi) is 192. The minimum absolute atomic E-state index is 0. The van der Waals surface area contributed by atoms with E-state index >= 15 is 0 Å². The van der Waals surface area contributed by atoms with E-state index in [-0.39, 0.29) is 116 Å². The van der Waals surface area contributed by atoms with E-state index in [1.165, 1.54) is 0 Å². The maximum Gasteiger partial charge on any atom is 0 e. The molecule has 0 saturated heterocycles. The Morgan fingerprint density at radius 3 is 1.00 bits per heavy atom. The molecule has 0 bridgehead atoms. The van der Waals surface area contributed by atoms with Gasteiger partial charge in [0.2, 0.25) is 0 Å². The number of hydrogen-bond acceptors (Lipinski definition) is 0. The maximum absolute atomic E-state index is 0. The van der Waals surface area contributed by atoms with Crippen LogP contribution >= 0.6 is 0 Å². The summed E-state index contributed by atoms with van der Waals surface area (Å²) in [4.78, 5) is 0. The van der Waals surface area contributed by atoms with Gasteiger partial charge in [-0.3, -0.25) is 0 Å². The summed E-state index contributed by atoms with van der Waals surface area (Å²) in [5.74, 6) is 0. The second-order valence-corrected chi connectivity index (χ2v) is 0. The molecule has 2 N–H and O–H groups in total. The van der Waals surface area contributed by atoms with Crippen molar-refractivity contribution in [1.29, 1.82) is 0 Å². The van der Waals surface area contributed by atoms with E-state index in [2.05, 4.69) is 0 Å². The molecule has 5 heteroatoms. The van der Waals surface area contributed by atoms with E-state index in [1.54, 1.807) is 0 Å². The summed E-state index contributed by atoms with van der Waals surface area (Å²) < 4.78 is 0. The third-order valence-corrected chi connectivity index (χ3v) is 0. The molecule has 0 aromatic heterocycles. The first-order valence-electron chi connectivity index (χ1n) is 0. The van der Waals surface area contributed by atoms with Gasteiger partial charge < -0.3 is 5.48 Å². The van der Waals surface area contributed by atoms with Crippen LogP contribution in [0.15, 0.2) is 0 Å². The molecule has 0 fully saturated rings. The standard InChI is InChI=1S/La.H2O.Pb.Ti.Zr.2H/h;1H2;;;;;. The second-order valence-electron chi connectivity index (χ2n) is 0. The SMILES string of the molecule is O.[La].[PbH2].[Ti].[Zr]. The first-order valence-corrected chi connectivity index (χ1v) is 0. The van der Waals surface area contributed by atoms with E-state index < -0.39 is 0 Å². The fraction of sp³-hybridized carbons (Fsp3) is 0. The Balaban J connectivity index is 0. The Bertz CT molecular complexity index is 11.6. The third-order valence-electron chi connectivity index (χ3n) is 0. The van der Waals surface area contributed by atoms with Crippen molar-refractivity contribution < 1.29 is 89.0 Å². The van der Waals surface area contributed by atoms with E-state index in [9.17, 15) is 0 Å². The van der Waals surface area contributed by atoms with Gasteiger partial charge in [0.05, 0.1) is 0 Å². The molecule has 1 nitrogen and oxygen atoms in total. The zero-order valence-electron chi connectivity index (χ0n) is 2.78. The molecular weight excluding hydrogens is 501 g/mol. The molecule has 0 amide bonds. The van der Waals surface area contributed by atoms with E-state index in [4.69, 9.17) is 0 Å². The van der Waals surface area contributed by atoms with Gasteiger partial charge in [0.1, 0.15) is 0 Å². The average Bonchev–Trinajstić information content (AvgIpc) is 0. The fourth-order valence-corrected chi connectivity index (χ4v) is 0. The summed E-state index contributed by atoms with van der Waals surface area (Å²) in [5.41, 5.74) is 0. The maximum atomic E-state index is 0. The number of hydrogen-bond donors (Lipinski definition) is 0. The molecule has 0 aromatic rings. The van der Waals surface area contributed by atoms with Gasteiger partial charge in [-0.15, -0.1) is 0 Å². The Labute approximate surface area is 113 Å². The Morgan fingerprint density at radius 2 is 1.00 bits per heavy atom. The first kappa shape index (κ1) is 37.8.